The van der Waals surface area contributed by atoms with Crippen LogP contribution < -0.4 is 11.2 Å². The van der Waals surface area contributed by atoms with E-state index in [0.717, 1.165) is 5.56 Å². The second kappa shape index (κ2) is 7.09. The topological polar surface area (TPSA) is 111 Å². The number of nitrogens with one attached hydrogen (secondary N) is 1. The van der Waals surface area contributed by atoms with Crippen LogP contribution in [0, 0.1) is 0 Å². The molecule has 0 unspecified atom stereocenters. The van der Waals surface area contributed by atoms with Crippen LogP contribution in [0.4, 0.5) is 5.82 Å². The van der Waals surface area contributed by atoms with Gasteiger partial charge in [-0.3, -0.25) is 4.79 Å². The third-order valence-corrected chi connectivity index (χ3v) is 3.95. The van der Waals surface area contributed by atoms with Crippen molar-refractivity contribution in [3.05, 3.63) is 83.5 Å². The Morgan fingerprint density at radius 3 is 2.52 bits per heavy atom. The predicted molar refractivity (Wildman–Crippen MR) is 104 cm³/mol. The minimum Gasteiger partial charge on any atom is -0.456 e. The van der Waals surface area contributed by atoms with Crippen LogP contribution in [0.3, 0.4) is 0 Å². The molecule has 0 bridgehead atoms. The normalized spacial score (nSPS) is 10.5. The molecule has 0 aliphatic carbocycles. The molecule has 3 aromatic heterocycles. The molecule has 5 rings (SSSR count). The van der Waals surface area contributed by atoms with Gasteiger partial charge >= 0.3 is 0 Å². The number of aromatic amines is 1. The molecule has 27 heavy (non-hydrogen) atoms. The molecule has 7 heteroatoms. The van der Waals surface area contributed by atoms with Gasteiger partial charge in [0.2, 0.25) is 0 Å². The molecule has 0 aliphatic heterocycles. The molecular weight excluding hydrogens is 342 g/mol. The maximum Gasteiger partial charge on any atom is 0.193 e. The molecule has 0 radical (unpaired) electrons. The third kappa shape index (κ3) is 3.38. The lowest BCUT2D eigenvalue weighted by Crippen LogP contribution is -1.99. The van der Waals surface area contributed by atoms with Gasteiger partial charge in [0.05, 0.1) is 11.7 Å². The minimum atomic E-state index is -0.00861. The van der Waals surface area contributed by atoms with Crippen molar-refractivity contribution in [2.24, 2.45) is 0 Å². The number of rotatable bonds is 1. The van der Waals surface area contributed by atoms with Crippen LogP contribution in [-0.4, -0.2) is 19.9 Å². The Labute approximate surface area is 153 Å². The van der Waals surface area contributed by atoms with Gasteiger partial charge in [-0.15, -0.1) is 0 Å². The van der Waals surface area contributed by atoms with Gasteiger partial charge in [0.15, 0.2) is 16.9 Å². The molecule has 0 spiro atoms. The van der Waals surface area contributed by atoms with E-state index in [2.05, 4.69) is 19.9 Å². The maximum absolute atomic E-state index is 11.9. The molecule has 0 aliphatic rings. The Bertz CT molecular complexity index is 1260. The summed E-state index contributed by atoms with van der Waals surface area (Å²) in [6.45, 7) is 0. The largest absolute Gasteiger partial charge is 0.456 e. The molecule has 2 aromatic carbocycles. The Kier molecular flexibility index (Phi) is 4.32. The zero-order valence-electron chi connectivity index (χ0n) is 14.2. The van der Waals surface area contributed by atoms with Crippen molar-refractivity contribution < 1.29 is 4.42 Å². The lowest BCUT2D eigenvalue weighted by atomic mass is 10.1. The van der Waals surface area contributed by atoms with Gasteiger partial charge in [0.25, 0.3) is 0 Å². The molecule has 0 fully saturated rings. The molecular formula is C20H15N5O2. The average molecular weight is 357 g/mol. The third-order valence-electron chi connectivity index (χ3n) is 3.95. The number of anilines is 1. The van der Waals surface area contributed by atoms with Crippen LogP contribution in [0.25, 0.3) is 33.5 Å². The van der Waals surface area contributed by atoms with Crippen molar-refractivity contribution in [2.45, 2.75) is 0 Å². The molecule has 0 saturated heterocycles. The van der Waals surface area contributed by atoms with Crippen molar-refractivity contribution in [3.63, 3.8) is 0 Å². The van der Waals surface area contributed by atoms with E-state index in [9.17, 15) is 4.79 Å². The number of nitrogen functional groups attached to an aromatic ring is 1. The highest BCUT2D eigenvalue weighted by Crippen LogP contribution is 2.21. The van der Waals surface area contributed by atoms with E-state index in [-0.39, 0.29) is 5.43 Å². The van der Waals surface area contributed by atoms with Gasteiger partial charge in [-0.25, -0.2) is 15.0 Å². The zero-order valence-corrected chi connectivity index (χ0v) is 14.2. The summed E-state index contributed by atoms with van der Waals surface area (Å²) in [6, 6.07) is 18.4. The van der Waals surface area contributed by atoms with Gasteiger partial charge in [0, 0.05) is 11.6 Å². The fourth-order valence-corrected chi connectivity index (χ4v) is 2.63. The first-order valence-corrected chi connectivity index (χ1v) is 8.20. The average Bonchev–Trinajstić information content (AvgIpc) is 3.20. The Balaban J connectivity index is 0.000000153. The Hall–Kier alpha value is -4.00. The fourth-order valence-electron chi connectivity index (χ4n) is 2.63. The fraction of sp³-hybridized carbons (Fsp3) is 0. The van der Waals surface area contributed by atoms with E-state index in [0.29, 0.717) is 33.7 Å². The lowest BCUT2D eigenvalue weighted by molar-refractivity contribution is 0.619. The molecule has 3 N–H and O–H groups in total. The standard InChI is InChI=1S/C15H10O2.C5H5N5/c16-13-10-15(11-6-2-1-3-7-11)17-14-9-5-4-8-12(13)14;6-4-3-5(9-1-7-3)10-2-8-4/h1-10H;1-2H,(H3,6,7,8,9,10). The number of benzene rings is 2. The molecule has 0 amide bonds. The second-order valence-electron chi connectivity index (χ2n) is 5.70. The molecule has 3 heterocycles. The SMILES string of the molecule is Nc1ncnc2nc[nH]c12.O=c1cc(-c2ccccc2)oc2ccccc12. The summed E-state index contributed by atoms with van der Waals surface area (Å²) in [6.07, 6.45) is 2.92. The van der Waals surface area contributed by atoms with Crippen LogP contribution in [-0.2, 0) is 0 Å². The number of hydrogen-bond donors (Lipinski definition) is 2. The Morgan fingerprint density at radius 1 is 0.926 bits per heavy atom. The van der Waals surface area contributed by atoms with Crippen molar-refractivity contribution >= 4 is 28.0 Å². The van der Waals surface area contributed by atoms with Crippen molar-refractivity contribution in [2.75, 3.05) is 5.73 Å². The number of aromatic nitrogens is 4. The van der Waals surface area contributed by atoms with E-state index in [4.69, 9.17) is 10.2 Å². The summed E-state index contributed by atoms with van der Waals surface area (Å²) in [7, 11) is 0. The van der Waals surface area contributed by atoms with E-state index < -0.39 is 0 Å². The van der Waals surface area contributed by atoms with Gasteiger partial charge in [-0.2, -0.15) is 0 Å². The van der Waals surface area contributed by atoms with Gasteiger partial charge in [-0.05, 0) is 12.1 Å². The van der Waals surface area contributed by atoms with Crippen LogP contribution in [0.1, 0.15) is 0 Å². The minimum absolute atomic E-state index is 0.00861. The van der Waals surface area contributed by atoms with E-state index in [1.165, 1.54) is 18.7 Å². The van der Waals surface area contributed by atoms with E-state index in [1.54, 1.807) is 6.07 Å². The van der Waals surface area contributed by atoms with Crippen LogP contribution in [0.15, 0.2) is 82.5 Å². The number of hydrogen-bond acceptors (Lipinski definition) is 6. The van der Waals surface area contributed by atoms with E-state index in [1.807, 2.05) is 48.5 Å². The first kappa shape index (κ1) is 16.5. The second-order valence-corrected chi connectivity index (χ2v) is 5.70. The van der Waals surface area contributed by atoms with Gasteiger partial charge < -0.3 is 15.1 Å². The summed E-state index contributed by atoms with van der Waals surface area (Å²) in [5.74, 6) is 1.04. The zero-order chi connectivity index (χ0) is 18.6. The first-order chi connectivity index (χ1) is 13.2. The summed E-state index contributed by atoms with van der Waals surface area (Å²) in [4.78, 5) is 26.3. The summed E-state index contributed by atoms with van der Waals surface area (Å²) in [5.41, 5.74) is 8.31. The van der Waals surface area contributed by atoms with Crippen LogP contribution in [0.2, 0.25) is 0 Å². The number of H-pyrrole nitrogens is 1. The number of imidazole rings is 1. The summed E-state index contributed by atoms with van der Waals surface area (Å²) in [5, 5.41) is 0.618. The van der Waals surface area contributed by atoms with Gasteiger partial charge in [0.1, 0.15) is 23.2 Å². The van der Waals surface area contributed by atoms with Crippen molar-refractivity contribution in [3.8, 4) is 11.3 Å². The first-order valence-electron chi connectivity index (χ1n) is 8.20. The van der Waals surface area contributed by atoms with Gasteiger partial charge in [-0.1, -0.05) is 42.5 Å². The predicted octanol–water partition coefficient (Wildman–Crippen LogP) is 3.40. The van der Waals surface area contributed by atoms with Crippen LogP contribution >= 0.6 is 0 Å². The van der Waals surface area contributed by atoms with Crippen molar-refractivity contribution in [1.29, 1.82) is 0 Å². The highest BCUT2D eigenvalue weighted by molar-refractivity contribution is 5.80. The number of fused-ring (bicyclic) bond motifs is 2. The van der Waals surface area contributed by atoms with E-state index >= 15 is 0 Å². The van der Waals surface area contributed by atoms with Crippen molar-refractivity contribution in [1.82, 2.24) is 19.9 Å². The molecule has 0 atom stereocenters. The molecule has 0 saturated carbocycles. The molecule has 5 aromatic rings. The number of nitrogens with zero attached hydrogens (tertiary/aromatic N) is 3. The highest BCUT2D eigenvalue weighted by atomic mass is 16.3. The number of para-hydroxylation sites is 1. The Morgan fingerprint density at radius 2 is 1.70 bits per heavy atom. The number of nitrogens with two attached hydrogens (primary N) is 1. The molecule has 132 valence electrons. The summed E-state index contributed by atoms with van der Waals surface area (Å²) >= 11 is 0. The maximum atomic E-state index is 11.9. The highest BCUT2D eigenvalue weighted by Gasteiger charge is 2.05. The summed E-state index contributed by atoms with van der Waals surface area (Å²) < 4.78 is 5.73. The monoisotopic (exact) mass is 357 g/mol. The van der Waals surface area contributed by atoms with Crippen LogP contribution in [0.5, 0.6) is 0 Å². The smallest absolute Gasteiger partial charge is 0.193 e. The quantitative estimate of drug-likeness (QED) is 0.476. The molecule has 7 nitrogen and oxygen atoms in total. The lowest BCUT2D eigenvalue weighted by Gasteiger charge is -2.02.